The third-order valence-corrected chi connectivity index (χ3v) is 3.83. The summed E-state index contributed by atoms with van der Waals surface area (Å²) in [5, 5.41) is 9.05. The van der Waals surface area contributed by atoms with Crippen molar-refractivity contribution in [3.05, 3.63) is 75.7 Å². The van der Waals surface area contributed by atoms with Gasteiger partial charge in [-0.25, -0.2) is 0 Å². The number of ketones is 1. The maximum absolute atomic E-state index is 12.6. The van der Waals surface area contributed by atoms with E-state index in [1.807, 2.05) is 19.9 Å². The number of nitriles is 1. The molecule has 0 bridgehead atoms. The highest BCUT2D eigenvalue weighted by molar-refractivity contribution is 6.08. The number of benzene rings is 1. The lowest BCUT2D eigenvalue weighted by molar-refractivity contribution is 0.0882. The van der Waals surface area contributed by atoms with Crippen molar-refractivity contribution in [3.8, 4) is 6.07 Å². The molecule has 0 aliphatic heterocycles. The van der Waals surface area contributed by atoms with Gasteiger partial charge in [-0.05, 0) is 38.1 Å². The van der Waals surface area contributed by atoms with Crippen molar-refractivity contribution in [2.75, 3.05) is 0 Å². The molecular weight excluding hydrogens is 276 g/mol. The summed E-state index contributed by atoms with van der Waals surface area (Å²) in [5.74, 6) is -0.0488. The van der Waals surface area contributed by atoms with E-state index in [0.717, 1.165) is 0 Å². The SMILES string of the molecule is CC1(C)C=C(n2ccccc2=O)c2ccc(C#N)cc2C1=O. The molecule has 0 N–H and O–H groups in total. The number of nitrogens with zero attached hydrogens (tertiary/aromatic N) is 2. The summed E-state index contributed by atoms with van der Waals surface area (Å²) in [4.78, 5) is 24.8. The average Bonchev–Trinajstić information content (AvgIpc) is 2.51. The third kappa shape index (κ3) is 2.08. The maximum atomic E-state index is 12.6. The van der Waals surface area contributed by atoms with Crippen molar-refractivity contribution in [1.29, 1.82) is 5.26 Å². The van der Waals surface area contributed by atoms with Crippen LogP contribution in [-0.2, 0) is 0 Å². The van der Waals surface area contributed by atoms with E-state index in [4.69, 9.17) is 5.26 Å². The number of hydrogen-bond acceptors (Lipinski definition) is 3. The summed E-state index contributed by atoms with van der Waals surface area (Å²) in [6, 6.07) is 12.0. The lowest BCUT2D eigenvalue weighted by atomic mass is 9.76. The van der Waals surface area contributed by atoms with Crippen LogP contribution in [0.15, 0.2) is 53.5 Å². The van der Waals surface area contributed by atoms with Gasteiger partial charge < -0.3 is 0 Å². The van der Waals surface area contributed by atoms with Crippen molar-refractivity contribution in [1.82, 2.24) is 4.57 Å². The second-order valence-corrected chi connectivity index (χ2v) is 5.86. The van der Waals surface area contributed by atoms with Gasteiger partial charge in [0.15, 0.2) is 5.78 Å². The van der Waals surface area contributed by atoms with E-state index in [-0.39, 0.29) is 11.3 Å². The Bertz CT molecular complexity index is 911. The van der Waals surface area contributed by atoms with E-state index < -0.39 is 5.41 Å². The zero-order valence-electron chi connectivity index (χ0n) is 12.3. The van der Waals surface area contributed by atoms with E-state index in [1.54, 1.807) is 36.5 Å². The number of pyridine rings is 1. The molecule has 0 fully saturated rings. The Morgan fingerprint density at radius 3 is 2.55 bits per heavy atom. The standard InChI is InChI=1S/C18H14N2O2/c1-18(2)10-15(20-8-4-3-5-16(20)21)13-7-6-12(11-19)9-14(13)17(18)22/h3-10H,1-2H3. The second-order valence-electron chi connectivity index (χ2n) is 5.86. The first-order valence-corrected chi connectivity index (χ1v) is 6.94. The molecule has 108 valence electrons. The van der Waals surface area contributed by atoms with Crippen molar-refractivity contribution in [2.45, 2.75) is 13.8 Å². The number of rotatable bonds is 1. The molecule has 1 aromatic carbocycles. The van der Waals surface area contributed by atoms with Crippen LogP contribution < -0.4 is 5.56 Å². The first-order chi connectivity index (χ1) is 10.4. The maximum Gasteiger partial charge on any atom is 0.255 e. The van der Waals surface area contributed by atoms with Gasteiger partial charge in [-0.2, -0.15) is 5.26 Å². The molecule has 0 radical (unpaired) electrons. The van der Waals surface area contributed by atoms with Gasteiger partial charge in [0.2, 0.25) is 0 Å². The lowest BCUT2D eigenvalue weighted by Gasteiger charge is -2.29. The number of aromatic nitrogens is 1. The first kappa shape index (κ1) is 14.0. The van der Waals surface area contributed by atoms with Crippen LogP contribution in [0.25, 0.3) is 5.70 Å². The van der Waals surface area contributed by atoms with Gasteiger partial charge in [0.25, 0.3) is 5.56 Å². The van der Waals surface area contributed by atoms with Crippen LogP contribution in [0.5, 0.6) is 0 Å². The normalized spacial score (nSPS) is 15.7. The van der Waals surface area contributed by atoms with Gasteiger partial charge in [-0.1, -0.05) is 12.1 Å². The highest BCUT2D eigenvalue weighted by Gasteiger charge is 2.34. The van der Waals surface area contributed by atoms with E-state index in [1.165, 1.54) is 10.6 Å². The fourth-order valence-electron chi connectivity index (χ4n) is 2.68. The van der Waals surface area contributed by atoms with Gasteiger partial charge in [0.1, 0.15) is 0 Å². The molecule has 0 saturated carbocycles. The summed E-state index contributed by atoms with van der Waals surface area (Å²) >= 11 is 0. The van der Waals surface area contributed by atoms with Crippen LogP contribution in [-0.4, -0.2) is 10.4 Å². The minimum atomic E-state index is -0.730. The van der Waals surface area contributed by atoms with Crippen molar-refractivity contribution >= 4 is 11.5 Å². The highest BCUT2D eigenvalue weighted by Crippen LogP contribution is 2.37. The smallest absolute Gasteiger partial charge is 0.255 e. The van der Waals surface area contributed by atoms with E-state index in [9.17, 15) is 9.59 Å². The minimum absolute atomic E-state index is 0.0488. The summed E-state index contributed by atoms with van der Waals surface area (Å²) in [6.45, 7) is 3.62. The fourth-order valence-corrected chi connectivity index (χ4v) is 2.68. The van der Waals surface area contributed by atoms with Gasteiger partial charge in [-0.15, -0.1) is 0 Å². The summed E-state index contributed by atoms with van der Waals surface area (Å²) in [5.41, 5.74) is 1.38. The number of allylic oxidation sites excluding steroid dienone is 1. The molecule has 1 aromatic heterocycles. The van der Waals surface area contributed by atoms with E-state index >= 15 is 0 Å². The predicted octanol–water partition coefficient (Wildman–Crippen LogP) is 2.83. The molecule has 2 aromatic rings. The molecule has 4 nitrogen and oxygen atoms in total. The summed E-state index contributed by atoms with van der Waals surface area (Å²) in [6.07, 6.45) is 3.49. The molecule has 1 aliphatic rings. The van der Waals surface area contributed by atoms with E-state index in [2.05, 4.69) is 6.07 Å². The van der Waals surface area contributed by atoms with Crippen LogP contribution in [0.1, 0.15) is 35.3 Å². The highest BCUT2D eigenvalue weighted by atomic mass is 16.1. The van der Waals surface area contributed by atoms with Gasteiger partial charge in [0, 0.05) is 28.8 Å². The Labute approximate surface area is 127 Å². The molecule has 22 heavy (non-hydrogen) atoms. The molecular formula is C18H14N2O2. The molecule has 0 atom stereocenters. The van der Waals surface area contributed by atoms with E-state index in [0.29, 0.717) is 22.4 Å². The number of fused-ring (bicyclic) bond motifs is 1. The molecule has 4 heteroatoms. The molecule has 3 rings (SSSR count). The van der Waals surface area contributed by atoms with Crippen LogP contribution >= 0.6 is 0 Å². The molecule has 1 heterocycles. The van der Waals surface area contributed by atoms with Crippen LogP contribution in [0, 0.1) is 16.7 Å². The molecule has 1 aliphatic carbocycles. The Hall–Kier alpha value is -2.93. The van der Waals surface area contributed by atoms with Crippen LogP contribution in [0.2, 0.25) is 0 Å². The predicted molar refractivity (Wildman–Crippen MR) is 83.3 cm³/mol. The topological polar surface area (TPSA) is 62.9 Å². The van der Waals surface area contributed by atoms with Gasteiger partial charge in [0.05, 0.1) is 17.3 Å². The summed E-state index contributed by atoms with van der Waals surface area (Å²) in [7, 11) is 0. The monoisotopic (exact) mass is 290 g/mol. The van der Waals surface area contributed by atoms with Crippen LogP contribution in [0.3, 0.4) is 0 Å². The first-order valence-electron chi connectivity index (χ1n) is 6.94. The second kappa shape index (κ2) is 4.81. The van der Waals surface area contributed by atoms with Gasteiger partial charge in [-0.3, -0.25) is 14.2 Å². The lowest BCUT2D eigenvalue weighted by Crippen LogP contribution is -2.30. The zero-order chi connectivity index (χ0) is 15.9. The molecule has 0 amide bonds. The van der Waals surface area contributed by atoms with Crippen molar-refractivity contribution < 1.29 is 4.79 Å². The Morgan fingerprint density at radius 1 is 1.09 bits per heavy atom. The Morgan fingerprint density at radius 2 is 1.86 bits per heavy atom. The molecule has 0 saturated heterocycles. The molecule has 0 spiro atoms. The Balaban J connectivity index is 2.33. The zero-order valence-corrected chi connectivity index (χ0v) is 12.3. The number of carbonyl (C=O) groups is 1. The fraction of sp³-hybridized carbons (Fsp3) is 0.167. The summed E-state index contributed by atoms with van der Waals surface area (Å²) < 4.78 is 1.53. The number of Topliss-reactive ketones (excluding diaryl/α,β-unsaturated/α-hetero) is 1. The van der Waals surface area contributed by atoms with Crippen molar-refractivity contribution in [2.24, 2.45) is 5.41 Å². The average molecular weight is 290 g/mol. The van der Waals surface area contributed by atoms with Crippen LogP contribution in [0.4, 0.5) is 0 Å². The number of hydrogen-bond donors (Lipinski definition) is 0. The van der Waals surface area contributed by atoms with Gasteiger partial charge >= 0.3 is 0 Å². The Kier molecular flexibility index (Phi) is 3.07. The number of carbonyl (C=O) groups excluding carboxylic acids is 1. The largest absolute Gasteiger partial charge is 0.293 e. The van der Waals surface area contributed by atoms with Crippen molar-refractivity contribution in [3.63, 3.8) is 0 Å². The quantitative estimate of drug-likeness (QED) is 0.811. The third-order valence-electron chi connectivity index (χ3n) is 3.83. The molecule has 0 unspecified atom stereocenters. The minimum Gasteiger partial charge on any atom is -0.293 e.